The Morgan fingerprint density at radius 1 is 1.25 bits per heavy atom. The highest BCUT2D eigenvalue weighted by molar-refractivity contribution is 7.89. The first kappa shape index (κ1) is 17.4. The van der Waals surface area contributed by atoms with Crippen molar-refractivity contribution in [1.82, 2.24) is 9.21 Å². The second kappa shape index (κ2) is 7.95. The molecule has 0 aromatic rings. The Morgan fingerprint density at radius 3 is 2.35 bits per heavy atom. The van der Waals surface area contributed by atoms with Crippen molar-refractivity contribution in [1.29, 1.82) is 0 Å². The molecule has 1 atom stereocenters. The Hall–Kier alpha value is -0.660. The summed E-state index contributed by atoms with van der Waals surface area (Å²) in [4.78, 5) is 13.7. The molecule has 1 rings (SSSR count). The van der Waals surface area contributed by atoms with Gasteiger partial charge in [0.2, 0.25) is 15.9 Å². The number of hydrogen-bond donors (Lipinski definition) is 1. The Balaban J connectivity index is 2.36. The molecular formula is C13H27N3O3S. The molecule has 1 unspecified atom stereocenters. The summed E-state index contributed by atoms with van der Waals surface area (Å²) in [5.74, 6) is 0.299. The number of carbonyl (C=O) groups is 1. The van der Waals surface area contributed by atoms with Gasteiger partial charge in [-0.25, -0.2) is 8.42 Å². The van der Waals surface area contributed by atoms with Crippen molar-refractivity contribution in [3.8, 4) is 0 Å². The van der Waals surface area contributed by atoms with Crippen molar-refractivity contribution >= 4 is 15.9 Å². The van der Waals surface area contributed by atoms with Crippen LogP contribution in [-0.2, 0) is 14.8 Å². The van der Waals surface area contributed by atoms with Crippen LogP contribution in [0, 0.1) is 0 Å². The molecule has 0 spiro atoms. The summed E-state index contributed by atoms with van der Waals surface area (Å²) in [7, 11) is -3.13. The quantitative estimate of drug-likeness (QED) is 0.737. The number of amides is 1. The average Bonchev–Trinajstić information content (AvgIpc) is 2.38. The highest BCUT2D eigenvalue weighted by atomic mass is 32.2. The molecule has 0 aliphatic carbocycles. The fourth-order valence-corrected chi connectivity index (χ4v) is 3.83. The Labute approximate surface area is 122 Å². The van der Waals surface area contributed by atoms with E-state index in [2.05, 4.69) is 0 Å². The van der Waals surface area contributed by atoms with Crippen molar-refractivity contribution in [3.05, 3.63) is 0 Å². The first-order valence-electron chi connectivity index (χ1n) is 7.38. The maximum atomic E-state index is 12.0. The van der Waals surface area contributed by atoms with E-state index in [4.69, 9.17) is 5.73 Å². The van der Waals surface area contributed by atoms with E-state index in [1.807, 2.05) is 13.8 Å². The van der Waals surface area contributed by atoms with E-state index >= 15 is 0 Å². The van der Waals surface area contributed by atoms with Gasteiger partial charge in [-0.2, -0.15) is 4.31 Å². The van der Waals surface area contributed by atoms with Crippen molar-refractivity contribution in [2.45, 2.75) is 45.6 Å². The largest absolute Gasteiger partial charge is 0.340 e. The first-order valence-corrected chi connectivity index (χ1v) is 8.99. The zero-order valence-corrected chi connectivity index (χ0v) is 13.4. The summed E-state index contributed by atoms with van der Waals surface area (Å²) in [5.41, 5.74) is 5.65. The van der Waals surface area contributed by atoms with Crippen LogP contribution < -0.4 is 5.73 Å². The second-order valence-corrected chi connectivity index (χ2v) is 7.55. The monoisotopic (exact) mass is 305 g/mol. The van der Waals surface area contributed by atoms with Crippen LogP contribution in [0.15, 0.2) is 0 Å². The zero-order chi connectivity index (χ0) is 15.2. The molecule has 7 heteroatoms. The fraction of sp³-hybridized carbons (Fsp3) is 0.923. The third kappa shape index (κ3) is 5.38. The zero-order valence-electron chi connectivity index (χ0n) is 12.5. The molecule has 0 aromatic carbocycles. The molecule has 1 saturated heterocycles. The van der Waals surface area contributed by atoms with Gasteiger partial charge in [-0.1, -0.05) is 6.92 Å². The molecule has 20 heavy (non-hydrogen) atoms. The lowest BCUT2D eigenvalue weighted by molar-refractivity contribution is -0.132. The lowest BCUT2D eigenvalue weighted by Crippen LogP contribution is -2.51. The molecule has 0 saturated carbocycles. The van der Waals surface area contributed by atoms with Crippen molar-refractivity contribution in [3.63, 3.8) is 0 Å². The van der Waals surface area contributed by atoms with Gasteiger partial charge in [-0.15, -0.1) is 0 Å². The van der Waals surface area contributed by atoms with E-state index in [1.54, 1.807) is 4.90 Å². The van der Waals surface area contributed by atoms with Gasteiger partial charge in [0.1, 0.15) is 0 Å². The van der Waals surface area contributed by atoms with Gasteiger partial charge in [-0.3, -0.25) is 4.79 Å². The van der Waals surface area contributed by atoms with Crippen LogP contribution in [0.4, 0.5) is 0 Å². The maximum absolute atomic E-state index is 12.0. The number of piperazine rings is 1. The van der Waals surface area contributed by atoms with E-state index < -0.39 is 10.0 Å². The van der Waals surface area contributed by atoms with Crippen LogP contribution in [0.5, 0.6) is 0 Å². The van der Waals surface area contributed by atoms with Crippen molar-refractivity contribution in [2.75, 3.05) is 31.9 Å². The summed E-state index contributed by atoms with van der Waals surface area (Å²) in [6, 6.07) is 0.124. The minimum absolute atomic E-state index is 0.109. The average molecular weight is 305 g/mol. The van der Waals surface area contributed by atoms with Crippen LogP contribution in [0.1, 0.15) is 39.5 Å². The van der Waals surface area contributed by atoms with E-state index in [-0.39, 0.29) is 17.7 Å². The second-order valence-electron chi connectivity index (χ2n) is 5.47. The summed E-state index contributed by atoms with van der Waals surface area (Å²) < 4.78 is 25.3. The molecule has 118 valence electrons. The highest BCUT2D eigenvalue weighted by Gasteiger charge is 2.27. The van der Waals surface area contributed by atoms with Crippen LogP contribution in [0.3, 0.4) is 0 Å². The summed E-state index contributed by atoms with van der Waals surface area (Å²) >= 11 is 0. The number of sulfonamides is 1. The maximum Gasteiger partial charge on any atom is 0.222 e. The minimum Gasteiger partial charge on any atom is -0.340 e. The van der Waals surface area contributed by atoms with Crippen molar-refractivity contribution < 1.29 is 13.2 Å². The minimum atomic E-state index is -3.13. The van der Waals surface area contributed by atoms with Gasteiger partial charge in [-0.05, 0) is 26.2 Å². The van der Waals surface area contributed by atoms with Crippen LogP contribution in [0.25, 0.3) is 0 Å². The van der Waals surface area contributed by atoms with Crippen LogP contribution >= 0.6 is 0 Å². The number of nitrogens with zero attached hydrogens (tertiary/aromatic N) is 2. The molecule has 1 heterocycles. The highest BCUT2D eigenvalue weighted by Crippen LogP contribution is 2.11. The number of nitrogens with two attached hydrogens (primary N) is 1. The van der Waals surface area contributed by atoms with E-state index in [0.29, 0.717) is 39.0 Å². The molecule has 1 aliphatic rings. The molecule has 1 fully saturated rings. The third-order valence-electron chi connectivity index (χ3n) is 3.50. The Kier molecular flexibility index (Phi) is 6.91. The van der Waals surface area contributed by atoms with E-state index in [0.717, 1.165) is 12.8 Å². The van der Waals surface area contributed by atoms with Crippen LogP contribution in [0.2, 0.25) is 0 Å². The predicted octanol–water partition coefficient (Wildman–Crippen LogP) is 0.388. The summed E-state index contributed by atoms with van der Waals surface area (Å²) in [6.07, 6.45) is 2.77. The SMILES string of the molecule is CCCS(=O)(=O)N1CCN(C(=O)CCCC(C)N)CC1. The van der Waals surface area contributed by atoms with Gasteiger partial charge >= 0.3 is 0 Å². The van der Waals surface area contributed by atoms with Gasteiger partial charge in [0.15, 0.2) is 0 Å². The predicted molar refractivity (Wildman–Crippen MR) is 79.7 cm³/mol. The number of rotatable bonds is 7. The molecule has 1 amide bonds. The van der Waals surface area contributed by atoms with Gasteiger partial charge in [0, 0.05) is 38.6 Å². The molecule has 0 bridgehead atoms. The molecular weight excluding hydrogens is 278 g/mol. The first-order chi connectivity index (χ1) is 9.36. The van der Waals surface area contributed by atoms with E-state index in [9.17, 15) is 13.2 Å². The van der Waals surface area contributed by atoms with Crippen molar-refractivity contribution in [2.24, 2.45) is 5.73 Å². The molecule has 6 nitrogen and oxygen atoms in total. The lowest BCUT2D eigenvalue weighted by Gasteiger charge is -2.34. The topological polar surface area (TPSA) is 83.7 Å². The van der Waals surface area contributed by atoms with Crippen LogP contribution in [-0.4, -0.2) is 61.5 Å². The Bertz CT molecular complexity index is 401. The number of hydrogen-bond acceptors (Lipinski definition) is 4. The normalized spacial score (nSPS) is 19.1. The molecule has 1 aliphatic heterocycles. The Morgan fingerprint density at radius 2 is 1.85 bits per heavy atom. The van der Waals surface area contributed by atoms with Gasteiger partial charge < -0.3 is 10.6 Å². The van der Waals surface area contributed by atoms with Gasteiger partial charge in [0.25, 0.3) is 0 Å². The molecule has 2 N–H and O–H groups in total. The number of carbonyl (C=O) groups excluding carboxylic acids is 1. The van der Waals surface area contributed by atoms with Gasteiger partial charge in [0.05, 0.1) is 5.75 Å². The lowest BCUT2D eigenvalue weighted by atomic mass is 10.1. The molecule has 0 radical (unpaired) electrons. The summed E-state index contributed by atoms with van der Waals surface area (Å²) in [6.45, 7) is 5.63. The molecule has 0 aromatic heterocycles. The fourth-order valence-electron chi connectivity index (χ4n) is 2.34. The smallest absolute Gasteiger partial charge is 0.222 e. The summed E-state index contributed by atoms with van der Waals surface area (Å²) in [5, 5.41) is 0. The van der Waals surface area contributed by atoms with E-state index in [1.165, 1.54) is 4.31 Å². The standard InChI is InChI=1S/C13H27N3O3S/c1-3-11-20(18,19)16-9-7-15(8-10-16)13(17)6-4-5-12(2)14/h12H,3-11,14H2,1-2H3. The third-order valence-corrected chi connectivity index (χ3v) is 5.57.